The van der Waals surface area contributed by atoms with Gasteiger partial charge in [0.25, 0.3) is 0 Å². The largest absolute Gasteiger partial charge is 0.324 e. The summed E-state index contributed by atoms with van der Waals surface area (Å²) < 4.78 is 26.6. The third-order valence-electron chi connectivity index (χ3n) is 3.85. The number of aryl methyl sites for hydroxylation is 1. The molecular weight excluding hydrogens is 274 g/mol. The third-order valence-corrected chi connectivity index (χ3v) is 5.17. The lowest BCUT2D eigenvalue weighted by Gasteiger charge is -2.33. The van der Waals surface area contributed by atoms with Gasteiger partial charge in [-0.2, -0.15) is 0 Å². The number of rotatable bonds is 6. The van der Waals surface area contributed by atoms with E-state index < -0.39 is 10.0 Å². The van der Waals surface area contributed by atoms with Gasteiger partial charge in [0.1, 0.15) is 0 Å². The fourth-order valence-corrected chi connectivity index (χ4v) is 3.67. The van der Waals surface area contributed by atoms with Gasteiger partial charge in [-0.05, 0) is 25.0 Å². The molecule has 0 radical (unpaired) electrons. The van der Waals surface area contributed by atoms with Crippen molar-refractivity contribution in [1.29, 1.82) is 0 Å². The van der Waals surface area contributed by atoms with Gasteiger partial charge in [0.05, 0.1) is 5.75 Å². The van der Waals surface area contributed by atoms with E-state index >= 15 is 0 Å². The SMILES string of the molecule is NC1(CNS(=O)(=O)CCc2ccccn2)CCCCC1. The zero-order valence-corrected chi connectivity index (χ0v) is 12.5. The van der Waals surface area contributed by atoms with Crippen molar-refractivity contribution in [2.75, 3.05) is 12.3 Å². The third kappa shape index (κ3) is 4.85. The van der Waals surface area contributed by atoms with E-state index in [1.807, 2.05) is 18.2 Å². The molecule has 6 heteroatoms. The van der Waals surface area contributed by atoms with E-state index in [9.17, 15) is 8.42 Å². The number of pyridine rings is 1. The first-order valence-electron chi connectivity index (χ1n) is 7.15. The van der Waals surface area contributed by atoms with Crippen molar-refractivity contribution < 1.29 is 8.42 Å². The fraction of sp³-hybridized carbons (Fsp3) is 0.643. The number of nitrogens with two attached hydrogens (primary N) is 1. The summed E-state index contributed by atoms with van der Waals surface area (Å²) in [6, 6.07) is 5.51. The predicted molar refractivity (Wildman–Crippen MR) is 79.7 cm³/mol. The number of aromatic nitrogens is 1. The molecule has 0 saturated heterocycles. The summed E-state index contributed by atoms with van der Waals surface area (Å²) in [4.78, 5) is 4.13. The molecule has 1 saturated carbocycles. The number of hydrogen-bond donors (Lipinski definition) is 2. The number of hydrogen-bond acceptors (Lipinski definition) is 4. The second-order valence-corrected chi connectivity index (χ2v) is 7.56. The van der Waals surface area contributed by atoms with Gasteiger partial charge >= 0.3 is 0 Å². The molecule has 0 aromatic carbocycles. The van der Waals surface area contributed by atoms with Gasteiger partial charge in [-0.15, -0.1) is 0 Å². The van der Waals surface area contributed by atoms with Crippen molar-refractivity contribution in [3.8, 4) is 0 Å². The lowest BCUT2D eigenvalue weighted by molar-refractivity contribution is 0.296. The maximum Gasteiger partial charge on any atom is 0.212 e. The molecule has 0 atom stereocenters. The number of nitrogens with one attached hydrogen (secondary N) is 1. The van der Waals surface area contributed by atoms with E-state index in [2.05, 4.69) is 9.71 Å². The van der Waals surface area contributed by atoms with Crippen LogP contribution in [0.3, 0.4) is 0 Å². The van der Waals surface area contributed by atoms with Crippen molar-refractivity contribution in [3.05, 3.63) is 30.1 Å². The van der Waals surface area contributed by atoms with Crippen LogP contribution in [0.4, 0.5) is 0 Å². The second-order valence-electron chi connectivity index (χ2n) is 5.63. The van der Waals surface area contributed by atoms with Crippen LogP contribution >= 0.6 is 0 Å². The molecule has 0 aliphatic heterocycles. The summed E-state index contributed by atoms with van der Waals surface area (Å²) in [5.41, 5.74) is 6.66. The Kier molecular flexibility index (Phi) is 5.12. The summed E-state index contributed by atoms with van der Waals surface area (Å²) in [7, 11) is -3.29. The molecule has 0 bridgehead atoms. The van der Waals surface area contributed by atoms with Crippen LogP contribution in [0.25, 0.3) is 0 Å². The normalized spacial score (nSPS) is 18.9. The average Bonchev–Trinajstić information content (AvgIpc) is 2.46. The Labute approximate surface area is 121 Å². The summed E-state index contributed by atoms with van der Waals surface area (Å²) in [6.45, 7) is 0.345. The fourth-order valence-electron chi connectivity index (χ4n) is 2.54. The first-order valence-corrected chi connectivity index (χ1v) is 8.81. The van der Waals surface area contributed by atoms with Gasteiger partial charge in [-0.25, -0.2) is 13.1 Å². The molecule has 0 spiro atoms. The highest BCUT2D eigenvalue weighted by atomic mass is 32.2. The highest BCUT2D eigenvalue weighted by Crippen LogP contribution is 2.25. The molecule has 1 aliphatic carbocycles. The second kappa shape index (κ2) is 6.65. The molecule has 2 rings (SSSR count). The molecule has 1 fully saturated rings. The lowest BCUT2D eigenvalue weighted by atomic mass is 9.83. The topological polar surface area (TPSA) is 85.1 Å². The maximum absolute atomic E-state index is 12.0. The average molecular weight is 297 g/mol. The van der Waals surface area contributed by atoms with Crippen LogP contribution in [0.1, 0.15) is 37.8 Å². The standard InChI is InChI=1S/C14H23N3O2S/c15-14(8-3-1-4-9-14)12-17-20(18,19)11-7-13-6-2-5-10-16-13/h2,5-6,10,17H,1,3-4,7-9,11-12,15H2. The summed E-state index contributed by atoms with van der Waals surface area (Å²) in [6.07, 6.45) is 7.27. The van der Waals surface area contributed by atoms with Gasteiger partial charge in [0.15, 0.2) is 0 Å². The van der Waals surface area contributed by atoms with Gasteiger partial charge in [-0.3, -0.25) is 4.98 Å². The Morgan fingerprint density at radius 2 is 2.00 bits per heavy atom. The van der Waals surface area contributed by atoms with Gasteiger partial charge in [0.2, 0.25) is 10.0 Å². The summed E-state index contributed by atoms with van der Waals surface area (Å²) in [5.74, 6) is 0.0556. The van der Waals surface area contributed by atoms with Gasteiger partial charge in [-0.1, -0.05) is 25.3 Å². The highest BCUT2D eigenvalue weighted by Gasteiger charge is 2.28. The van der Waals surface area contributed by atoms with Crippen LogP contribution in [-0.4, -0.2) is 31.2 Å². The first kappa shape index (κ1) is 15.4. The maximum atomic E-state index is 12.0. The molecule has 0 unspecified atom stereocenters. The van der Waals surface area contributed by atoms with Crippen LogP contribution in [0.5, 0.6) is 0 Å². The van der Waals surface area contributed by atoms with E-state index in [0.717, 1.165) is 31.4 Å². The Hall–Kier alpha value is -0.980. The molecule has 5 nitrogen and oxygen atoms in total. The van der Waals surface area contributed by atoms with Crippen LogP contribution in [0.2, 0.25) is 0 Å². The number of nitrogens with zero attached hydrogens (tertiary/aromatic N) is 1. The minimum absolute atomic E-state index is 0.0556. The lowest BCUT2D eigenvalue weighted by Crippen LogP contribution is -2.51. The van der Waals surface area contributed by atoms with Crippen molar-refractivity contribution in [1.82, 2.24) is 9.71 Å². The zero-order valence-electron chi connectivity index (χ0n) is 11.7. The Morgan fingerprint density at radius 1 is 1.25 bits per heavy atom. The van der Waals surface area contributed by atoms with Crippen molar-refractivity contribution in [2.45, 2.75) is 44.1 Å². The van der Waals surface area contributed by atoms with Crippen LogP contribution in [0, 0.1) is 0 Å². The minimum Gasteiger partial charge on any atom is -0.324 e. The molecule has 3 N–H and O–H groups in total. The molecule has 1 heterocycles. The summed E-state index contributed by atoms with van der Waals surface area (Å²) in [5, 5.41) is 0. The quantitative estimate of drug-likeness (QED) is 0.826. The zero-order chi connectivity index (χ0) is 14.5. The van der Waals surface area contributed by atoms with E-state index in [1.165, 1.54) is 6.42 Å². The monoisotopic (exact) mass is 297 g/mol. The molecule has 1 aliphatic rings. The van der Waals surface area contributed by atoms with Crippen LogP contribution in [0.15, 0.2) is 24.4 Å². The summed E-state index contributed by atoms with van der Waals surface area (Å²) >= 11 is 0. The Balaban J connectivity index is 1.82. The van der Waals surface area contributed by atoms with Crippen molar-refractivity contribution >= 4 is 10.0 Å². The molecule has 20 heavy (non-hydrogen) atoms. The Bertz CT molecular complexity index is 510. The minimum atomic E-state index is -3.29. The molecule has 1 aromatic heterocycles. The smallest absolute Gasteiger partial charge is 0.212 e. The van der Waals surface area contributed by atoms with Gasteiger partial charge in [0, 0.05) is 30.4 Å². The van der Waals surface area contributed by atoms with Gasteiger partial charge < -0.3 is 5.73 Å². The molecule has 0 amide bonds. The Morgan fingerprint density at radius 3 is 2.65 bits per heavy atom. The first-order chi connectivity index (χ1) is 9.49. The van der Waals surface area contributed by atoms with E-state index in [4.69, 9.17) is 5.73 Å². The van der Waals surface area contributed by atoms with Crippen LogP contribution < -0.4 is 10.5 Å². The van der Waals surface area contributed by atoms with Crippen molar-refractivity contribution in [3.63, 3.8) is 0 Å². The molecular formula is C14H23N3O2S. The highest BCUT2D eigenvalue weighted by molar-refractivity contribution is 7.89. The van der Waals surface area contributed by atoms with Crippen molar-refractivity contribution in [2.24, 2.45) is 5.73 Å². The molecule has 1 aromatic rings. The number of sulfonamides is 1. The van der Waals surface area contributed by atoms with E-state index in [1.54, 1.807) is 6.20 Å². The van der Waals surface area contributed by atoms with E-state index in [-0.39, 0.29) is 11.3 Å². The van der Waals surface area contributed by atoms with E-state index in [0.29, 0.717) is 13.0 Å². The predicted octanol–water partition coefficient (Wildman–Crippen LogP) is 1.21. The molecule has 112 valence electrons. The van der Waals surface area contributed by atoms with Crippen LogP contribution in [-0.2, 0) is 16.4 Å².